The first-order valence-electron chi connectivity index (χ1n) is 7.03. The van der Waals surface area contributed by atoms with Crippen LogP contribution in [0.5, 0.6) is 0 Å². The van der Waals surface area contributed by atoms with E-state index in [4.69, 9.17) is 0 Å². The fourth-order valence-corrected chi connectivity index (χ4v) is 2.54. The van der Waals surface area contributed by atoms with Crippen molar-refractivity contribution >= 4 is 21.8 Å². The topological polar surface area (TPSA) is 20.3 Å². The van der Waals surface area contributed by atoms with E-state index in [0.29, 0.717) is 22.1 Å². The predicted molar refractivity (Wildman–Crippen MR) is 86.0 cm³/mol. The SMILES string of the molecule is CCN(Cc1cc(C(F)(F)F)ccc1Br)C(=O)c1ccccc1. The number of rotatable bonds is 4. The van der Waals surface area contributed by atoms with E-state index in [0.717, 1.165) is 12.1 Å². The third-order valence-electron chi connectivity index (χ3n) is 3.42. The van der Waals surface area contributed by atoms with Crippen LogP contribution in [0.3, 0.4) is 0 Å². The summed E-state index contributed by atoms with van der Waals surface area (Å²) in [6.07, 6.45) is -4.41. The Hall–Kier alpha value is -1.82. The van der Waals surface area contributed by atoms with Crippen LogP contribution in [0.25, 0.3) is 0 Å². The summed E-state index contributed by atoms with van der Waals surface area (Å²) in [5.41, 5.74) is 0.210. The normalized spacial score (nSPS) is 11.3. The minimum atomic E-state index is -4.41. The number of carbonyl (C=O) groups excluding carboxylic acids is 1. The zero-order chi connectivity index (χ0) is 17.0. The van der Waals surface area contributed by atoms with Crippen LogP contribution >= 0.6 is 15.9 Å². The van der Waals surface area contributed by atoms with Gasteiger partial charge < -0.3 is 4.90 Å². The number of hydrogen-bond donors (Lipinski definition) is 0. The summed E-state index contributed by atoms with van der Waals surface area (Å²) in [7, 11) is 0. The van der Waals surface area contributed by atoms with Crippen molar-refractivity contribution in [3.63, 3.8) is 0 Å². The van der Waals surface area contributed by atoms with Crippen LogP contribution < -0.4 is 0 Å². The number of alkyl halides is 3. The van der Waals surface area contributed by atoms with Crippen molar-refractivity contribution in [2.45, 2.75) is 19.6 Å². The van der Waals surface area contributed by atoms with Gasteiger partial charge >= 0.3 is 6.18 Å². The number of carbonyl (C=O) groups is 1. The number of benzene rings is 2. The van der Waals surface area contributed by atoms with Crippen molar-refractivity contribution in [3.05, 3.63) is 69.7 Å². The molecule has 2 nitrogen and oxygen atoms in total. The second-order valence-electron chi connectivity index (χ2n) is 4.99. The molecular weight excluding hydrogens is 371 g/mol. The summed E-state index contributed by atoms with van der Waals surface area (Å²) in [5.74, 6) is -0.211. The lowest BCUT2D eigenvalue weighted by Crippen LogP contribution is -2.30. The molecule has 0 atom stereocenters. The van der Waals surface area contributed by atoms with Gasteiger partial charge in [-0.05, 0) is 42.8 Å². The molecule has 2 rings (SSSR count). The average molecular weight is 386 g/mol. The Kier molecular flexibility index (Phi) is 5.46. The third-order valence-corrected chi connectivity index (χ3v) is 4.20. The fraction of sp³-hybridized carbons (Fsp3) is 0.235. The van der Waals surface area contributed by atoms with Crippen LogP contribution in [0.1, 0.15) is 28.4 Å². The van der Waals surface area contributed by atoms with Crippen LogP contribution in [0.2, 0.25) is 0 Å². The molecule has 0 aliphatic heterocycles. The van der Waals surface area contributed by atoms with Gasteiger partial charge in [-0.25, -0.2) is 0 Å². The van der Waals surface area contributed by atoms with Crippen LogP contribution in [0, 0.1) is 0 Å². The predicted octanol–water partition coefficient (Wildman–Crippen LogP) is 5.13. The number of nitrogens with zero attached hydrogens (tertiary/aromatic N) is 1. The second-order valence-corrected chi connectivity index (χ2v) is 5.84. The minimum absolute atomic E-state index is 0.106. The molecule has 0 aliphatic carbocycles. The fourth-order valence-electron chi connectivity index (χ4n) is 2.17. The smallest absolute Gasteiger partial charge is 0.335 e. The lowest BCUT2D eigenvalue weighted by Gasteiger charge is -2.22. The third kappa shape index (κ3) is 4.34. The van der Waals surface area contributed by atoms with E-state index in [-0.39, 0.29) is 12.5 Å². The summed E-state index contributed by atoms with van der Waals surface area (Å²) in [6.45, 7) is 2.30. The highest BCUT2D eigenvalue weighted by atomic mass is 79.9. The molecule has 0 N–H and O–H groups in total. The lowest BCUT2D eigenvalue weighted by atomic mass is 10.1. The molecule has 0 fully saturated rings. The van der Waals surface area contributed by atoms with Crippen molar-refractivity contribution in [2.75, 3.05) is 6.54 Å². The van der Waals surface area contributed by atoms with Crippen molar-refractivity contribution in [3.8, 4) is 0 Å². The van der Waals surface area contributed by atoms with E-state index in [1.165, 1.54) is 11.0 Å². The van der Waals surface area contributed by atoms with Crippen molar-refractivity contribution in [1.82, 2.24) is 4.90 Å². The van der Waals surface area contributed by atoms with Gasteiger partial charge in [-0.15, -0.1) is 0 Å². The molecule has 122 valence electrons. The van der Waals surface area contributed by atoms with Crippen molar-refractivity contribution in [2.24, 2.45) is 0 Å². The quantitative estimate of drug-likeness (QED) is 0.714. The van der Waals surface area contributed by atoms with Crippen molar-refractivity contribution < 1.29 is 18.0 Å². The summed E-state index contributed by atoms with van der Waals surface area (Å²) in [4.78, 5) is 14.0. The van der Waals surface area contributed by atoms with E-state index in [1.807, 2.05) is 0 Å². The Labute approximate surface area is 141 Å². The number of hydrogen-bond acceptors (Lipinski definition) is 1. The Bertz CT molecular complexity index is 686. The first kappa shape index (κ1) is 17.5. The van der Waals surface area contributed by atoms with Crippen LogP contribution in [-0.4, -0.2) is 17.4 Å². The molecule has 0 saturated carbocycles. The number of halogens is 4. The molecule has 0 spiro atoms. The zero-order valence-electron chi connectivity index (χ0n) is 12.4. The van der Waals surface area contributed by atoms with E-state index in [9.17, 15) is 18.0 Å². The van der Waals surface area contributed by atoms with Crippen LogP contribution in [-0.2, 0) is 12.7 Å². The largest absolute Gasteiger partial charge is 0.416 e. The zero-order valence-corrected chi connectivity index (χ0v) is 14.0. The molecular formula is C17H15BrF3NO. The molecule has 0 aliphatic rings. The summed E-state index contributed by atoms with van der Waals surface area (Å²) in [5, 5.41) is 0. The van der Waals surface area contributed by atoms with E-state index in [1.54, 1.807) is 37.3 Å². The van der Waals surface area contributed by atoms with E-state index in [2.05, 4.69) is 15.9 Å². The van der Waals surface area contributed by atoms with E-state index < -0.39 is 11.7 Å². The second kappa shape index (κ2) is 7.17. The highest BCUT2D eigenvalue weighted by Gasteiger charge is 2.31. The first-order chi connectivity index (χ1) is 10.8. The van der Waals surface area contributed by atoms with Gasteiger partial charge in [0, 0.05) is 23.1 Å². The van der Waals surface area contributed by atoms with Crippen molar-refractivity contribution in [1.29, 1.82) is 0 Å². The van der Waals surface area contributed by atoms with Crippen LogP contribution in [0.4, 0.5) is 13.2 Å². The maximum absolute atomic E-state index is 12.8. The lowest BCUT2D eigenvalue weighted by molar-refractivity contribution is -0.137. The summed E-state index contributed by atoms with van der Waals surface area (Å²) in [6, 6.07) is 12.1. The maximum atomic E-state index is 12.8. The molecule has 0 radical (unpaired) electrons. The molecule has 23 heavy (non-hydrogen) atoms. The molecule has 0 aromatic heterocycles. The first-order valence-corrected chi connectivity index (χ1v) is 7.82. The van der Waals surface area contributed by atoms with Gasteiger partial charge in [-0.1, -0.05) is 34.1 Å². The highest BCUT2D eigenvalue weighted by molar-refractivity contribution is 9.10. The summed E-state index contributed by atoms with van der Waals surface area (Å²) >= 11 is 3.25. The Morgan fingerprint density at radius 3 is 2.35 bits per heavy atom. The summed E-state index contributed by atoms with van der Waals surface area (Å²) < 4.78 is 39.1. The Morgan fingerprint density at radius 1 is 1.13 bits per heavy atom. The molecule has 0 saturated heterocycles. The standard InChI is InChI=1S/C17H15BrF3NO/c1-2-22(16(23)12-6-4-3-5-7-12)11-13-10-14(17(19,20)21)8-9-15(13)18/h3-10H,2,11H2,1H3. The molecule has 6 heteroatoms. The minimum Gasteiger partial charge on any atom is -0.335 e. The maximum Gasteiger partial charge on any atom is 0.416 e. The molecule has 2 aromatic rings. The molecule has 1 amide bonds. The Morgan fingerprint density at radius 2 is 1.78 bits per heavy atom. The van der Waals surface area contributed by atoms with Gasteiger partial charge in [-0.3, -0.25) is 4.79 Å². The van der Waals surface area contributed by atoms with Gasteiger partial charge in [-0.2, -0.15) is 13.2 Å². The van der Waals surface area contributed by atoms with Gasteiger partial charge in [0.2, 0.25) is 0 Å². The molecule has 2 aromatic carbocycles. The van der Waals surface area contributed by atoms with Crippen LogP contribution in [0.15, 0.2) is 53.0 Å². The molecule has 0 heterocycles. The number of amides is 1. The van der Waals surface area contributed by atoms with Gasteiger partial charge in [0.25, 0.3) is 5.91 Å². The average Bonchev–Trinajstić information content (AvgIpc) is 2.53. The highest BCUT2D eigenvalue weighted by Crippen LogP contribution is 2.32. The molecule has 0 unspecified atom stereocenters. The molecule has 0 bridgehead atoms. The van der Waals surface area contributed by atoms with E-state index >= 15 is 0 Å². The Balaban J connectivity index is 2.27. The van der Waals surface area contributed by atoms with Gasteiger partial charge in [0.15, 0.2) is 0 Å². The van der Waals surface area contributed by atoms with Gasteiger partial charge in [0.05, 0.1) is 5.56 Å². The monoisotopic (exact) mass is 385 g/mol. The van der Waals surface area contributed by atoms with Gasteiger partial charge in [0.1, 0.15) is 0 Å².